The topological polar surface area (TPSA) is 49.8 Å². The lowest BCUT2D eigenvalue weighted by molar-refractivity contribution is -0.0682. The van der Waals surface area contributed by atoms with Gasteiger partial charge in [0, 0.05) is 22.8 Å². The van der Waals surface area contributed by atoms with Gasteiger partial charge in [-0.15, -0.1) is 0 Å². The molecule has 0 amide bonds. The summed E-state index contributed by atoms with van der Waals surface area (Å²) in [6.07, 6.45) is 1.03. The molecule has 1 aromatic rings. The molecule has 1 N–H and O–H groups in total. The molecular weight excluding hydrogens is 262 g/mol. The number of hydrogen-bond donors (Lipinski definition) is 1. The molecule has 2 aliphatic heterocycles. The Labute approximate surface area is 115 Å². The van der Waals surface area contributed by atoms with Crippen LogP contribution in [0.5, 0.6) is 5.75 Å². The number of fused-ring (bicyclic) bond motifs is 3. The number of aromatic hydroxyl groups is 1. The SMILES string of the molecule is CCCN1CCO[C@@H]2c3cc(O)ccc3S(=O)C[C@H]21. The number of rotatable bonds is 2. The highest BCUT2D eigenvalue weighted by molar-refractivity contribution is 7.85. The molecule has 4 nitrogen and oxygen atoms in total. The minimum Gasteiger partial charge on any atom is -0.508 e. The van der Waals surface area contributed by atoms with Crippen molar-refractivity contribution in [3.63, 3.8) is 0 Å². The number of ether oxygens (including phenoxy) is 1. The maximum absolute atomic E-state index is 12.3. The van der Waals surface area contributed by atoms with Crippen molar-refractivity contribution in [3.05, 3.63) is 23.8 Å². The number of morpholine rings is 1. The lowest BCUT2D eigenvalue weighted by atomic mass is 9.99. The molecule has 0 aliphatic carbocycles. The first kappa shape index (κ1) is 13.1. The van der Waals surface area contributed by atoms with Crippen LogP contribution >= 0.6 is 0 Å². The highest BCUT2D eigenvalue weighted by Gasteiger charge is 2.40. The number of nitrogens with zero attached hydrogens (tertiary/aromatic N) is 1. The van der Waals surface area contributed by atoms with Gasteiger partial charge in [0.05, 0.1) is 23.4 Å². The van der Waals surface area contributed by atoms with Crippen LogP contribution in [0.2, 0.25) is 0 Å². The van der Waals surface area contributed by atoms with Crippen molar-refractivity contribution >= 4 is 10.8 Å². The zero-order valence-electron chi connectivity index (χ0n) is 11.0. The molecule has 0 spiro atoms. The summed E-state index contributed by atoms with van der Waals surface area (Å²) in [6, 6.07) is 5.24. The molecule has 1 saturated heterocycles. The Morgan fingerprint density at radius 3 is 3.16 bits per heavy atom. The summed E-state index contributed by atoms with van der Waals surface area (Å²) in [5.41, 5.74) is 0.899. The predicted molar refractivity (Wildman–Crippen MR) is 73.7 cm³/mol. The third-order valence-corrected chi connectivity index (χ3v) is 5.38. The van der Waals surface area contributed by atoms with Gasteiger partial charge in [0.15, 0.2) is 0 Å². The van der Waals surface area contributed by atoms with E-state index in [1.807, 2.05) is 0 Å². The second kappa shape index (κ2) is 5.23. The average Bonchev–Trinajstić information content (AvgIpc) is 2.40. The molecule has 2 aliphatic rings. The maximum Gasteiger partial charge on any atom is 0.116 e. The summed E-state index contributed by atoms with van der Waals surface area (Å²) >= 11 is 0. The first-order valence-electron chi connectivity index (χ1n) is 6.77. The van der Waals surface area contributed by atoms with Gasteiger partial charge in [-0.05, 0) is 31.2 Å². The van der Waals surface area contributed by atoms with Crippen molar-refractivity contribution in [1.29, 1.82) is 0 Å². The fraction of sp³-hybridized carbons (Fsp3) is 0.571. The van der Waals surface area contributed by atoms with Gasteiger partial charge in [-0.2, -0.15) is 0 Å². The highest BCUT2D eigenvalue weighted by Crippen LogP contribution is 2.38. The quantitative estimate of drug-likeness (QED) is 0.896. The summed E-state index contributed by atoms with van der Waals surface area (Å²) in [7, 11) is -0.999. The summed E-state index contributed by atoms with van der Waals surface area (Å²) in [4.78, 5) is 3.19. The molecule has 0 aromatic heterocycles. The van der Waals surface area contributed by atoms with Crippen LogP contribution in [0.15, 0.2) is 23.1 Å². The van der Waals surface area contributed by atoms with E-state index in [9.17, 15) is 9.32 Å². The lowest BCUT2D eigenvalue weighted by Gasteiger charge is -2.44. The first-order chi connectivity index (χ1) is 9.20. The minimum absolute atomic E-state index is 0.0555. The molecule has 1 unspecified atom stereocenters. The van der Waals surface area contributed by atoms with E-state index in [0.717, 1.165) is 30.0 Å². The molecule has 0 saturated carbocycles. The van der Waals surface area contributed by atoms with Crippen LogP contribution in [0.4, 0.5) is 0 Å². The molecule has 3 atom stereocenters. The Morgan fingerprint density at radius 1 is 1.53 bits per heavy atom. The third-order valence-electron chi connectivity index (χ3n) is 3.87. The lowest BCUT2D eigenvalue weighted by Crippen LogP contribution is -2.51. The van der Waals surface area contributed by atoms with E-state index < -0.39 is 10.8 Å². The van der Waals surface area contributed by atoms with Crippen LogP contribution in [0.1, 0.15) is 25.0 Å². The molecule has 2 heterocycles. The summed E-state index contributed by atoms with van der Waals surface area (Å²) < 4.78 is 18.2. The van der Waals surface area contributed by atoms with Gasteiger partial charge >= 0.3 is 0 Å². The molecule has 0 bridgehead atoms. The van der Waals surface area contributed by atoms with Crippen molar-refractivity contribution in [3.8, 4) is 5.75 Å². The summed E-state index contributed by atoms with van der Waals surface area (Å²) in [6.45, 7) is 4.77. The minimum atomic E-state index is -0.999. The van der Waals surface area contributed by atoms with E-state index in [1.165, 1.54) is 0 Å². The molecule has 0 radical (unpaired) electrons. The van der Waals surface area contributed by atoms with Crippen molar-refractivity contribution in [2.75, 3.05) is 25.4 Å². The van der Waals surface area contributed by atoms with Crippen LogP contribution in [0.3, 0.4) is 0 Å². The van der Waals surface area contributed by atoms with Gasteiger partial charge in [-0.25, -0.2) is 0 Å². The standard InChI is InChI=1S/C14H19NO3S/c1-2-5-15-6-7-18-14-11-8-10(16)3-4-13(11)19(17)9-12(14)15/h3-4,8,12,14,16H,2,5-7,9H2,1H3/t12-,14-,19?/m1/s1. The summed E-state index contributed by atoms with van der Waals surface area (Å²) in [5, 5.41) is 9.67. The molecule has 104 valence electrons. The fourth-order valence-corrected chi connectivity index (χ4v) is 4.56. The second-order valence-corrected chi connectivity index (χ2v) is 6.59. The largest absolute Gasteiger partial charge is 0.508 e. The summed E-state index contributed by atoms with van der Waals surface area (Å²) in [5.74, 6) is 0.843. The van der Waals surface area contributed by atoms with Crippen LogP contribution in [0, 0.1) is 0 Å². The fourth-order valence-electron chi connectivity index (χ4n) is 3.03. The molecule has 3 rings (SSSR count). The smallest absolute Gasteiger partial charge is 0.116 e. The predicted octanol–water partition coefficient (Wildman–Crippen LogP) is 1.67. The zero-order valence-corrected chi connectivity index (χ0v) is 11.9. The molecule has 19 heavy (non-hydrogen) atoms. The Kier molecular flexibility index (Phi) is 3.60. The van der Waals surface area contributed by atoms with Gasteiger partial charge in [-0.3, -0.25) is 9.11 Å². The van der Waals surface area contributed by atoms with Gasteiger partial charge in [0.25, 0.3) is 0 Å². The van der Waals surface area contributed by atoms with Gasteiger partial charge < -0.3 is 9.84 Å². The second-order valence-electron chi connectivity index (χ2n) is 5.13. The van der Waals surface area contributed by atoms with Gasteiger partial charge in [0.1, 0.15) is 11.9 Å². The average molecular weight is 281 g/mol. The van der Waals surface area contributed by atoms with Gasteiger partial charge in [-0.1, -0.05) is 6.92 Å². The van der Waals surface area contributed by atoms with E-state index in [1.54, 1.807) is 18.2 Å². The van der Waals surface area contributed by atoms with E-state index in [-0.39, 0.29) is 17.9 Å². The van der Waals surface area contributed by atoms with Crippen molar-refractivity contribution < 1.29 is 14.1 Å². The third kappa shape index (κ3) is 2.30. The number of phenols is 1. The Morgan fingerprint density at radius 2 is 2.37 bits per heavy atom. The van der Waals surface area contributed by atoms with E-state index in [0.29, 0.717) is 12.4 Å². The normalized spacial score (nSPS) is 30.7. The van der Waals surface area contributed by atoms with Crippen LogP contribution < -0.4 is 0 Å². The Bertz CT molecular complexity index is 503. The Hall–Kier alpha value is -0.910. The first-order valence-corrected chi connectivity index (χ1v) is 8.09. The van der Waals surface area contributed by atoms with Crippen molar-refractivity contribution in [1.82, 2.24) is 4.90 Å². The molecule has 5 heteroatoms. The van der Waals surface area contributed by atoms with E-state index in [2.05, 4.69) is 11.8 Å². The zero-order chi connectivity index (χ0) is 13.4. The van der Waals surface area contributed by atoms with Crippen molar-refractivity contribution in [2.45, 2.75) is 30.4 Å². The maximum atomic E-state index is 12.3. The number of phenolic OH excluding ortho intramolecular Hbond substituents is 1. The number of hydrogen-bond acceptors (Lipinski definition) is 4. The van der Waals surface area contributed by atoms with Crippen LogP contribution in [-0.2, 0) is 15.5 Å². The van der Waals surface area contributed by atoms with E-state index >= 15 is 0 Å². The van der Waals surface area contributed by atoms with Crippen molar-refractivity contribution in [2.24, 2.45) is 0 Å². The van der Waals surface area contributed by atoms with E-state index in [4.69, 9.17) is 4.74 Å². The number of benzene rings is 1. The van der Waals surface area contributed by atoms with Crippen LogP contribution in [0.25, 0.3) is 0 Å². The molecular formula is C14H19NO3S. The van der Waals surface area contributed by atoms with Crippen LogP contribution in [-0.4, -0.2) is 45.7 Å². The molecule has 1 fully saturated rings. The Balaban J connectivity index is 1.99. The monoisotopic (exact) mass is 281 g/mol. The highest BCUT2D eigenvalue weighted by atomic mass is 32.2. The van der Waals surface area contributed by atoms with Gasteiger partial charge in [0.2, 0.25) is 0 Å². The molecule has 1 aromatic carbocycles.